The molecule has 0 atom stereocenters. The molecule has 0 amide bonds. The normalized spacial score (nSPS) is 10.6. The van der Waals surface area contributed by atoms with Gasteiger partial charge in [0.15, 0.2) is 0 Å². The summed E-state index contributed by atoms with van der Waals surface area (Å²) in [7, 11) is 1.26. The van der Waals surface area contributed by atoms with Crippen LogP contribution in [0.5, 0.6) is 5.75 Å². The van der Waals surface area contributed by atoms with Crippen LogP contribution in [0, 0.1) is 0 Å². The molecule has 0 unspecified atom stereocenters. The quantitative estimate of drug-likeness (QED) is 0.515. The number of hydrogen-bond acceptors (Lipinski definition) is 6. The molecule has 0 aliphatic carbocycles. The molecular weight excluding hydrogens is 366 g/mol. The summed E-state index contributed by atoms with van der Waals surface area (Å²) < 4.78 is 16.9. The summed E-state index contributed by atoms with van der Waals surface area (Å²) in [6.45, 7) is 0.521. The second-order valence-corrected chi connectivity index (χ2v) is 6.14. The zero-order chi connectivity index (χ0) is 19.2. The van der Waals surface area contributed by atoms with Crippen molar-refractivity contribution in [2.24, 2.45) is 0 Å². The Morgan fingerprint density at radius 3 is 2.56 bits per heavy atom. The lowest BCUT2D eigenvalue weighted by Gasteiger charge is -2.10. The van der Waals surface area contributed by atoms with Gasteiger partial charge in [0.1, 0.15) is 24.7 Å². The van der Waals surface area contributed by atoms with Crippen molar-refractivity contribution in [1.82, 2.24) is 4.57 Å². The predicted octanol–water partition coefficient (Wildman–Crippen LogP) is 3.92. The second kappa shape index (κ2) is 8.64. The third-order valence-corrected chi connectivity index (χ3v) is 4.10. The number of carbonyl (C=O) groups excluding carboxylic acids is 2. The lowest BCUT2D eigenvalue weighted by Crippen LogP contribution is -2.20. The van der Waals surface area contributed by atoms with Gasteiger partial charge in [0, 0.05) is 17.2 Å². The van der Waals surface area contributed by atoms with Gasteiger partial charge in [0.05, 0.1) is 12.6 Å². The maximum absolute atomic E-state index is 12.5. The molecule has 3 aromatic rings. The third-order valence-electron chi connectivity index (χ3n) is 3.92. The highest BCUT2D eigenvalue weighted by Gasteiger charge is 2.22. The van der Waals surface area contributed by atoms with Crippen molar-refractivity contribution in [2.45, 2.75) is 6.61 Å². The van der Waals surface area contributed by atoms with Gasteiger partial charge in [0.25, 0.3) is 0 Å². The molecule has 0 aliphatic heterocycles. The Morgan fingerprint density at radius 2 is 1.85 bits per heavy atom. The number of thiol groups is 1. The van der Waals surface area contributed by atoms with Gasteiger partial charge < -0.3 is 14.2 Å². The first kappa shape index (κ1) is 18.8. The van der Waals surface area contributed by atoms with Gasteiger partial charge >= 0.3 is 12.1 Å². The summed E-state index contributed by atoms with van der Waals surface area (Å²) >= 11 is 4.03. The zero-order valence-electron chi connectivity index (χ0n) is 14.8. The molecule has 0 saturated heterocycles. The molecule has 0 radical (unpaired) electrons. The van der Waals surface area contributed by atoms with Crippen LogP contribution in [-0.4, -0.2) is 36.1 Å². The van der Waals surface area contributed by atoms with Crippen molar-refractivity contribution in [3.63, 3.8) is 0 Å². The van der Waals surface area contributed by atoms with Crippen LogP contribution >= 0.6 is 12.6 Å². The molecule has 3 rings (SSSR count). The maximum Gasteiger partial charge on any atom is 0.419 e. The molecule has 1 heterocycles. The van der Waals surface area contributed by atoms with Crippen LogP contribution in [0.2, 0.25) is 0 Å². The molecule has 27 heavy (non-hydrogen) atoms. The Bertz CT molecular complexity index is 952. The molecule has 140 valence electrons. The van der Waals surface area contributed by atoms with Crippen LogP contribution in [0.15, 0.2) is 54.6 Å². The van der Waals surface area contributed by atoms with E-state index in [1.165, 1.54) is 11.7 Å². The summed E-state index contributed by atoms with van der Waals surface area (Å²) in [5, 5.41) is 0.699. The number of benzene rings is 2. The van der Waals surface area contributed by atoms with Crippen molar-refractivity contribution in [1.29, 1.82) is 0 Å². The summed E-state index contributed by atoms with van der Waals surface area (Å²) in [5.74, 6) is 0.328. The highest BCUT2D eigenvalue weighted by atomic mass is 32.1. The second-order valence-electron chi connectivity index (χ2n) is 5.69. The van der Waals surface area contributed by atoms with Crippen molar-refractivity contribution < 1.29 is 23.8 Å². The standard InChI is InChI=1S/C20H19NO5S/c1-24-19(22)18-11-15-7-8-16(26-13-14-5-3-2-4-6-14)12-17(15)21(18)20(23)25-9-10-27/h2-8,11-12,27H,9-10,13H2,1H3. The molecule has 0 bridgehead atoms. The fourth-order valence-electron chi connectivity index (χ4n) is 2.66. The molecule has 0 spiro atoms. The first-order valence-corrected chi connectivity index (χ1v) is 8.96. The fraction of sp³-hybridized carbons (Fsp3) is 0.200. The van der Waals surface area contributed by atoms with E-state index in [9.17, 15) is 9.59 Å². The molecule has 0 N–H and O–H groups in total. The van der Waals surface area contributed by atoms with Crippen LogP contribution in [0.3, 0.4) is 0 Å². The Kier molecular flexibility index (Phi) is 6.03. The molecule has 2 aromatic carbocycles. The smallest absolute Gasteiger partial charge is 0.419 e. The fourth-order valence-corrected chi connectivity index (χ4v) is 2.75. The van der Waals surface area contributed by atoms with Crippen LogP contribution in [0.4, 0.5) is 4.79 Å². The van der Waals surface area contributed by atoms with E-state index < -0.39 is 12.1 Å². The minimum atomic E-state index is -0.667. The number of nitrogens with zero attached hydrogens (tertiary/aromatic N) is 1. The van der Waals surface area contributed by atoms with Crippen molar-refractivity contribution in [2.75, 3.05) is 19.5 Å². The van der Waals surface area contributed by atoms with E-state index in [2.05, 4.69) is 12.6 Å². The Balaban J connectivity index is 1.95. The van der Waals surface area contributed by atoms with Crippen LogP contribution < -0.4 is 4.74 Å². The molecule has 0 fully saturated rings. The van der Waals surface area contributed by atoms with Gasteiger partial charge in [-0.1, -0.05) is 30.3 Å². The number of hydrogen-bond donors (Lipinski definition) is 1. The van der Waals surface area contributed by atoms with Crippen molar-refractivity contribution in [3.8, 4) is 5.75 Å². The van der Waals surface area contributed by atoms with Gasteiger partial charge in [-0.15, -0.1) is 0 Å². The molecule has 1 aromatic heterocycles. The summed E-state index contributed by atoms with van der Waals surface area (Å²) in [6, 6.07) is 16.6. The lowest BCUT2D eigenvalue weighted by molar-refractivity contribution is 0.0586. The molecule has 0 aliphatic rings. The number of aromatic nitrogens is 1. The molecule has 7 heteroatoms. The third kappa shape index (κ3) is 4.25. The van der Waals surface area contributed by atoms with E-state index in [1.807, 2.05) is 30.3 Å². The van der Waals surface area contributed by atoms with Gasteiger partial charge in [-0.2, -0.15) is 12.6 Å². The monoisotopic (exact) mass is 385 g/mol. The minimum absolute atomic E-state index is 0.0943. The average molecular weight is 385 g/mol. The van der Waals surface area contributed by atoms with E-state index in [1.54, 1.807) is 24.3 Å². The number of methoxy groups -OCH3 is 1. The number of fused-ring (bicyclic) bond motifs is 1. The van der Waals surface area contributed by atoms with E-state index in [0.29, 0.717) is 29.0 Å². The Morgan fingerprint density at radius 1 is 1.07 bits per heavy atom. The van der Waals surface area contributed by atoms with Gasteiger partial charge in [0.2, 0.25) is 0 Å². The van der Waals surface area contributed by atoms with Crippen LogP contribution in [-0.2, 0) is 16.1 Å². The SMILES string of the molecule is COC(=O)c1cc2ccc(OCc3ccccc3)cc2n1C(=O)OCCS. The highest BCUT2D eigenvalue weighted by Crippen LogP contribution is 2.26. The van der Waals surface area contributed by atoms with Crippen LogP contribution in [0.25, 0.3) is 10.9 Å². The van der Waals surface area contributed by atoms with Crippen molar-refractivity contribution >= 4 is 35.6 Å². The first-order chi connectivity index (χ1) is 13.1. The molecule has 0 saturated carbocycles. The average Bonchev–Trinajstić information content (AvgIpc) is 3.09. The largest absolute Gasteiger partial charge is 0.489 e. The van der Waals surface area contributed by atoms with E-state index >= 15 is 0 Å². The number of carbonyl (C=O) groups is 2. The highest BCUT2D eigenvalue weighted by molar-refractivity contribution is 7.80. The van der Waals surface area contributed by atoms with Gasteiger partial charge in [-0.3, -0.25) is 0 Å². The topological polar surface area (TPSA) is 66.8 Å². The lowest BCUT2D eigenvalue weighted by atomic mass is 10.2. The van der Waals surface area contributed by atoms with E-state index in [0.717, 1.165) is 5.56 Å². The summed E-state index contributed by atoms with van der Waals surface area (Å²) in [4.78, 5) is 24.5. The van der Waals surface area contributed by atoms with E-state index in [4.69, 9.17) is 14.2 Å². The van der Waals surface area contributed by atoms with Crippen molar-refractivity contribution in [3.05, 3.63) is 65.9 Å². The number of ether oxygens (including phenoxy) is 3. The first-order valence-electron chi connectivity index (χ1n) is 8.32. The Labute approximate surface area is 162 Å². The Hall–Kier alpha value is -2.93. The summed E-state index contributed by atoms with van der Waals surface area (Å²) in [6.07, 6.45) is -0.667. The maximum atomic E-state index is 12.5. The predicted molar refractivity (Wildman–Crippen MR) is 105 cm³/mol. The van der Waals surface area contributed by atoms with Gasteiger partial charge in [-0.25, -0.2) is 14.2 Å². The number of rotatable bonds is 6. The van der Waals surface area contributed by atoms with E-state index in [-0.39, 0.29) is 12.3 Å². The molecular formula is C20H19NO5S. The molecule has 6 nitrogen and oxygen atoms in total. The summed E-state index contributed by atoms with van der Waals surface area (Å²) in [5.41, 5.74) is 1.62. The van der Waals surface area contributed by atoms with Crippen LogP contribution in [0.1, 0.15) is 16.1 Å². The van der Waals surface area contributed by atoms with Gasteiger partial charge in [-0.05, 0) is 23.8 Å². The minimum Gasteiger partial charge on any atom is -0.489 e. The number of esters is 1. The zero-order valence-corrected chi connectivity index (χ0v) is 15.6.